The number of aromatic nitrogens is 2. The maximum Gasteiger partial charge on any atom is 0.253 e. The predicted molar refractivity (Wildman–Crippen MR) is 123 cm³/mol. The van der Waals surface area contributed by atoms with Crippen LogP contribution in [0.25, 0.3) is 10.9 Å². The molecule has 3 rings (SSSR count). The molecule has 0 aliphatic carbocycles. The van der Waals surface area contributed by atoms with Crippen LogP contribution in [0.15, 0.2) is 41.3 Å². The van der Waals surface area contributed by atoms with Gasteiger partial charge in [0.1, 0.15) is 11.6 Å². The first-order chi connectivity index (χ1) is 14.5. The monoisotopic (exact) mass is 466 g/mol. The molecule has 1 unspecified atom stereocenters. The van der Waals surface area contributed by atoms with Crippen LogP contribution in [-0.4, -0.2) is 31.2 Å². The third kappa shape index (κ3) is 5.34. The van der Waals surface area contributed by atoms with Crippen LogP contribution >= 0.6 is 11.6 Å². The van der Waals surface area contributed by atoms with Gasteiger partial charge in [-0.2, -0.15) is 0 Å². The summed E-state index contributed by atoms with van der Waals surface area (Å²) in [6.45, 7) is 5.98. The summed E-state index contributed by atoms with van der Waals surface area (Å²) in [7, 11) is -3.47. The fourth-order valence-corrected chi connectivity index (χ4v) is 4.49. The Balaban J connectivity index is 1.93. The number of rotatable bonds is 7. The highest BCUT2D eigenvalue weighted by Crippen LogP contribution is 2.26. The summed E-state index contributed by atoms with van der Waals surface area (Å²) in [6, 6.07) is 7.06. The lowest BCUT2D eigenvalue weighted by Crippen LogP contribution is -2.33. The lowest BCUT2D eigenvalue weighted by atomic mass is 10.1. The molecule has 0 saturated carbocycles. The molecule has 31 heavy (non-hydrogen) atoms. The van der Waals surface area contributed by atoms with Crippen molar-refractivity contribution in [2.45, 2.75) is 26.8 Å². The number of anilines is 2. The summed E-state index contributed by atoms with van der Waals surface area (Å²) < 4.78 is 39.5. The maximum absolute atomic E-state index is 13.7. The van der Waals surface area contributed by atoms with Crippen molar-refractivity contribution < 1.29 is 12.8 Å². The summed E-state index contributed by atoms with van der Waals surface area (Å²) >= 11 is 5.86. The Kier molecular flexibility index (Phi) is 6.56. The van der Waals surface area contributed by atoms with Crippen molar-refractivity contribution in [2.24, 2.45) is 5.92 Å². The Bertz CT molecular complexity index is 1280. The average Bonchev–Trinajstić information content (AvgIpc) is 2.66. The van der Waals surface area contributed by atoms with E-state index in [0.717, 1.165) is 6.26 Å². The standard InChI is InChI=1S/C21H24ClFN4O3S/c1-12(2)11-27(31(4,29)30)15-5-6-24-20(9-15)25-13(3)16-7-14-8-17(22)18(23)10-19(14)26-21(16)28/h5-10,12-13H,11H2,1-4H3,(H,24,25)(H,26,28). The Labute approximate surface area is 185 Å². The normalized spacial score (nSPS) is 12.9. The molecule has 0 aliphatic heterocycles. The van der Waals surface area contributed by atoms with E-state index in [2.05, 4.69) is 15.3 Å². The van der Waals surface area contributed by atoms with Gasteiger partial charge in [-0.15, -0.1) is 0 Å². The largest absolute Gasteiger partial charge is 0.363 e. The number of hydrogen-bond acceptors (Lipinski definition) is 5. The molecule has 166 valence electrons. The van der Waals surface area contributed by atoms with Crippen molar-refractivity contribution in [3.8, 4) is 0 Å². The van der Waals surface area contributed by atoms with Gasteiger partial charge in [-0.3, -0.25) is 9.10 Å². The van der Waals surface area contributed by atoms with E-state index >= 15 is 0 Å². The summed E-state index contributed by atoms with van der Waals surface area (Å²) in [5.41, 5.74) is 0.864. The topological polar surface area (TPSA) is 95.2 Å². The van der Waals surface area contributed by atoms with Crippen LogP contribution in [0, 0.1) is 11.7 Å². The molecular formula is C21H24ClFN4O3S. The number of fused-ring (bicyclic) bond motifs is 1. The number of benzene rings is 1. The van der Waals surface area contributed by atoms with Gasteiger partial charge in [0.2, 0.25) is 10.0 Å². The highest BCUT2D eigenvalue weighted by atomic mass is 35.5. The molecule has 2 heterocycles. The number of sulfonamides is 1. The molecule has 1 atom stereocenters. The molecule has 2 N–H and O–H groups in total. The molecule has 7 nitrogen and oxygen atoms in total. The smallest absolute Gasteiger partial charge is 0.253 e. The van der Waals surface area contributed by atoms with Crippen LogP contribution in [0.4, 0.5) is 15.9 Å². The number of halogens is 2. The highest BCUT2D eigenvalue weighted by Gasteiger charge is 2.20. The second-order valence-electron chi connectivity index (χ2n) is 7.86. The van der Waals surface area contributed by atoms with E-state index in [9.17, 15) is 17.6 Å². The van der Waals surface area contributed by atoms with Crippen LogP contribution in [0.5, 0.6) is 0 Å². The molecule has 0 bridgehead atoms. The molecule has 2 aromatic heterocycles. The zero-order valence-electron chi connectivity index (χ0n) is 17.6. The second kappa shape index (κ2) is 8.84. The summed E-state index contributed by atoms with van der Waals surface area (Å²) in [5.74, 6) is -0.0633. The number of hydrogen-bond donors (Lipinski definition) is 2. The van der Waals surface area contributed by atoms with Crippen molar-refractivity contribution in [3.05, 3.63) is 63.3 Å². The molecule has 3 aromatic rings. The van der Waals surface area contributed by atoms with Crippen LogP contribution in [0.3, 0.4) is 0 Å². The van der Waals surface area contributed by atoms with Crippen LogP contribution in [0.2, 0.25) is 5.02 Å². The van der Waals surface area contributed by atoms with Gasteiger partial charge >= 0.3 is 0 Å². The lowest BCUT2D eigenvalue weighted by molar-refractivity contribution is 0.583. The molecule has 1 aromatic carbocycles. The van der Waals surface area contributed by atoms with Crippen molar-refractivity contribution in [2.75, 3.05) is 22.4 Å². The first-order valence-electron chi connectivity index (χ1n) is 9.68. The first kappa shape index (κ1) is 23.0. The van der Waals surface area contributed by atoms with E-state index in [1.807, 2.05) is 13.8 Å². The van der Waals surface area contributed by atoms with Gasteiger partial charge in [-0.05, 0) is 37.1 Å². The Morgan fingerprint density at radius 3 is 2.58 bits per heavy atom. The third-order valence-electron chi connectivity index (χ3n) is 4.71. The van der Waals surface area contributed by atoms with Crippen molar-refractivity contribution in [1.29, 1.82) is 0 Å². The van der Waals surface area contributed by atoms with Crippen LogP contribution < -0.4 is 15.2 Å². The second-order valence-corrected chi connectivity index (χ2v) is 10.2. The van der Waals surface area contributed by atoms with E-state index in [0.29, 0.717) is 34.5 Å². The molecule has 10 heteroatoms. The fourth-order valence-electron chi connectivity index (χ4n) is 3.26. The number of pyridine rings is 2. The summed E-state index contributed by atoms with van der Waals surface area (Å²) in [6.07, 6.45) is 2.67. The Hall–Kier alpha value is -2.65. The van der Waals surface area contributed by atoms with E-state index in [1.165, 1.54) is 22.6 Å². The number of aromatic amines is 1. The van der Waals surface area contributed by atoms with E-state index in [4.69, 9.17) is 11.6 Å². The predicted octanol–water partition coefficient (Wildman–Crippen LogP) is 4.31. The number of nitrogens with zero attached hydrogens (tertiary/aromatic N) is 2. The zero-order valence-corrected chi connectivity index (χ0v) is 19.2. The van der Waals surface area contributed by atoms with Gasteiger partial charge in [-0.1, -0.05) is 25.4 Å². The minimum absolute atomic E-state index is 0.0357. The molecule has 0 amide bonds. The molecule has 0 radical (unpaired) electrons. The van der Waals surface area contributed by atoms with E-state index < -0.39 is 21.9 Å². The van der Waals surface area contributed by atoms with Gasteiger partial charge in [0, 0.05) is 29.8 Å². The molecular weight excluding hydrogens is 443 g/mol. The van der Waals surface area contributed by atoms with Crippen LogP contribution in [-0.2, 0) is 10.0 Å². The molecule has 0 aliphatic rings. The summed E-state index contributed by atoms with van der Waals surface area (Å²) in [5, 5.41) is 3.69. The quantitative estimate of drug-likeness (QED) is 0.541. The molecule has 0 fully saturated rings. The Morgan fingerprint density at radius 2 is 1.94 bits per heavy atom. The van der Waals surface area contributed by atoms with Gasteiger partial charge in [0.15, 0.2) is 0 Å². The Morgan fingerprint density at radius 1 is 1.23 bits per heavy atom. The fraction of sp³-hybridized carbons (Fsp3) is 0.333. The minimum atomic E-state index is -3.47. The van der Waals surface area contributed by atoms with E-state index in [1.54, 1.807) is 25.1 Å². The maximum atomic E-state index is 13.7. The van der Waals surface area contributed by atoms with Gasteiger partial charge < -0.3 is 10.3 Å². The average molecular weight is 467 g/mol. The minimum Gasteiger partial charge on any atom is -0.363 e. The van der Waals surface area contributed by atoms with Gasteiger partial charge in [0.05, 0.1) is 28.5 Å². The zero-order chi connectivity index (χ0) is 22.9. The van der Waals surface area contributed by atoms with Crippen molar-refractivity contribution in [1.82, 2.24) is 9.97 Å². The van der Waals surface area contributed by atoms with Gasteiger partial charge in [0.25, 0.3) is 5.56 Å². The van der Waals surface area contributed by atoms with Crippen molar-refractivity contribution in [3.63, 3.8) is 0 Å². The number of H-pyrrole nitrogens is 1. The van der Waals surface area contributed by atoms with Crippen LogP contribution in [0.1, 0.15) is 32.4 Å². The summed E-state index contributed by atoms with van der Waals surface area (Å²) in [4.78, 5) is 19.4. The third-order valence-corrected chi connectivity index (χ3v) is 6.16. The highest BCUT2D eigenvalue weighted by molar-refractivity contribution is 7.92. The van der Waals surface area contributed by atoms with Crippen molar-refractivity contribution >= 4 is 44.0 Å². The van der Waals surface area contributed by atoms with E-state index in [-0.39, 0.29) is 16.5 Å². The molecule has 0 saturated heterocycles. The SMILES string of the molecule is CC(C)CN(c1ccnc(NC(C)c2cc3cc(Cl)c(F)cc3[nH]c2=O)c1)S(C)(=O)=O. The molecule has 0 spiro atoms. The number of nitrogens with one attached hydrogen (secondary N) is 2. The lowest BCUT2D eigenvalue weighted by Gasteiger charge is -2.25. The van der Waals surface area contributed by atoms with Gasteiger partial charge in [-0.25, -0.2) is 17.8 Å². The first-order valence-corrected chi connectivity index (χ1v) is 11.9.